The molecule has 1 heterocycles. The van der Waals surface area contributed by atoms with Gasteiger partial charge in [-0.15, -0.1) is 0 Å². The summed E-state index contributed by atoms with van der Waals surface area (Å²) < 4.78 is 6.64. The Kier molecular flexibility index (Phi) is 6.35. The molecule has 7 nitrogen and oxygen atoms in total. The number of carbonyl (C=O) groups excluding carboxylic acids is 2. The number of amides is 2. The summed E-state index contributed by atoms with van der Waals surface area (Å²) >= 11 is 0. The van der Waals surface area contributed by atoms with Crippen LogP contribution >= 0.6 is 0 Å². The summed E-state index contributed by atoms with van der Waals surface area (Å²) in [4.78, 5) is 37.4. The average Bonchev–Trinajstić information content (AvgIpc) is 3.25. The number of methoxy groups -OCH3 is 1. The Bertz CT molecular complexity index is 1150. The van der Waals surface area contributed by atoms with Gasteiger partial charge in [0, 0.05) is 41.2 Å². The fourth-order valence-electron chi connectivity index (χ4n) is 3.97. The Morgan fingerprint density at radius 3 is 1.94 bits per heavy atom. The van der Waals surface area contributed by atoms with E-state index < -0.39 is 0 Å². The predicted molar refractivity (Wildman–Crippen MR) is 121 cm³/mol. The fraction of sp³-hybridized carbons (Fsp3) is 0.240. The molecule has 0 bridgehead atoms. The third kappa shape index (κ3) is 4.72. The molecule has 1 fully saturated rings. The highest BCUT2D eigenvalue weighted by molar-refractivity contribution is 5.95. The zero-order valence-corrected chi connectivity index (χ0v) is 17.8. The first-order valence-corrected chi connectivity index (χ1v) is 10.6. The summed E-state index contributed by atoms with van der Waals surface area (Å²) in [5.74, 6) is 0.319. The zero-order valence-electron chi connectivity index (χ0n) is 17.8. The Balaban J connectivity index is 1.39. The van der Waals surface area contributed by atoms with Gasteiger partial charge in [-0.3, -0.25) is 19.0 Å². The molecule has 0 aliphatic heterocycles. The number of pyridine rings is 1. The minimum Gasteiger partial charge on any atom is -0.497 e. The second kappa shape index (κ2) is 9.51. The monoisotopic (exact) mass is 431 g/mol. The molecule has 2 atom stereocenters. The van der Waals surface area contributed by atoms with Gasteiger partial charge in [0.2, 0.25) is 0 Å². The molecule has 0 saturated heterocycles. The standard InChI is InChI=1S/C25H25N3O4/c1-32-20-14-10-18(11-15-20)25(31)27-22-6-4-5-21(22)26-24(30)17-8-12-19(13-9-17)28-16-3-2-7-23(28)29/h2-3,7-16,21-22H,4-6H2,1H3,(H,26,30)(H,27,31)/t21-,22+/m1/s1. The van der Waals surface area contributed by atoms with Crippen LogP contribution in [0.5, 0.6) is 5.75 Å². The first-order valence-electron chi connectivity index (χ1n) is 10.6. The van der Waals surface area contributed by atoms with Gasteiger partial charge in [0.15, 0.2) is 0 Å². The number of hydrogen-bond acceptors (Lipinski definition) is 4. The number of nitrogens with zero attached hydrogens (tertiary/aromatic N) is 1. The van der Waals surface area contributed by atoms with E-state index in [9.17, 15) is 14.4 Å². The molecule has 1 aromatic heterocycles. The van der Waals surface area contributed by atoms with E-state index >= 15 is 0 Å². The topological polar surface area (TPSA) is 89.4 Å². The van der Waals surface area contributed by atoms with E-state index in [0.29, 0.717) is 22.6 Å². The normalized spacial score (nSPS) is 17.5. The van der Waals surface area contributed by atoms with Gasteiger partial charge in [0.05, 0.1) is 7.11 Å². The molecule has 1 aliphatic rings. The van der Waals surface area contributed by atoms with Crippen molar-refractivity contribution in [2.45, 2.75) is 31.3 Å². The lowest BCUT2D eigenvalue weighted by Gasteiger charge is -2.22. The highest BCUT2D eigenvalue weighted by atomic mass is 16.5. The molecule has 0 radical (unpaired) electrons. The molecule has 2 amide bonds. The maximum atomic E-state index is 12.8. The van der Waals surface area contributed by atoms with Crippen LogP contribution in [0.4, 0.5) is 0 Å². The molecular formula is C25H25N3O4. The third-order valence-corrected chi connectivity index (χ3v) is 5.73. The second-order valence-electron chi connectivity index (χ2n) is 7.78. The number of carbonyl (C=O) groups is 2. The highest BCUT2D eigenvalue weighted by Gasteiger charge is 2.30. The number of benzene rings is 2. The molecule has 2 aromatic carbocycles. The minimum absolute atomic E-state index is 0.129. The van der Waals surface area contributed by atoms with E-state index in [2.05, 4.69) is 10.6 Å². The smallest absolute Gasteiger partial charge is 0.255 e. The summed E-state index contributed by atoms with van der Waals surface area (Å²) in [6, 6.07) is 18.5. The lowest BCUT2D eigenvalue weighted by Crippen LogP contribution is -2.48. The van der Waals surface area contributed by atoms with Crippen LogP contribution in [0.25, 0.3) is 5.69 Å². The van der Waals surface area contributed by atoms with E-state index in [0.717, 1.165) is 19.3 Å². The number of hydrogen-bond donors (Lipinski definition) is 2. The Morgan fingerprint density at radius 2 is 1.41 bits per heavy atom. The lowest BCUT2D eigenvalue weighted by molar-refractivity contribution is 0.0892. The van der Waals surface area contributed by atoms with Crippen LogP contribution < -0.4 is 20.9 Å². The predicted octanol–water partition coefficient (Wildman–Crippen LogP) is 2.93. The number of aromatic nitrogens is 1. The van der Waals surface area contributed by atoms with Gasteiger partial charge in [-0.25, -0.2) is 0 Å². The fourth-order valence-corrected chi connectivity index (χ4v) is 3.97. The van der Waals surface area contributed by atoms with Crippen LogP contribution in [0.3, 0.4) is 0 Å². The van der Waals surface area contributed by atoms with Gasteiger partial charge in [0.1, 0.15) is 5.75 Å². The molecule has 0 unspecified atom stereocenters. The van der Waals surface area contributed by atoms with Crippen LogP contribution in [0.1, 0.15) is 40.0 Å². The highest BCUT2D eigenvalue weighted by Crippen LogP contribution is 2.21. The van der Waals surface area contributed by atoms with E-state index in [1.54, 1.807) is 74.0 Å². The van der Waals surface area contributed by atoms with Crippen LogP contribution in [0.15, 0.2) is 77.7 Å². The van der Waals surface area contributed by atoms with Crippen molar-refractivity contribution in [1.82, 2.24) is 15.2 Å². The average molecular weight is 431 g/mol. The summed E-state index contributed by atoms with van der Waals surface area (Å²) in [6.45, 7) is 0. The first-order chi connectivity index (χ1) is 15.5. The van der Waals surface area contributed by atoms with Crippen molar-refractivity contribution in [2.75, 3.05) is 7.11 Å². The largest absolute Gasteiger partial charge is 0.497 e. The molecule has 1 aliphatic carbocycles. The van der Waals surface area contributed by atoms with Crippen molar-refractivity contribution in [2.24, 2.45) is 0 Å². The quantitative estimate of drug-likeness (QED) is 0.628. The van der Waals surface area contributed by atoms with Crippen LogP contribution in [-0.4, -0.2) is 35.6 Å². The van der Waals surface area contributed by atoms with Gasteiger partial charge in [-0.1, -0.05) is 6.07 Å². The van der Waals surface area contributed by atoms with E-state index in [1.807, 2.05) is 0 Å². The van der Waals surface area contributed by atoms with Crippen LogP contribution in [0.2, 0.25) is 0 Å². The van der Waals surface area contributed by atoms with Crippen molar-refractivity contribution >= 4 is 11.8 Å². The molecular weight excluding hydrogens is 406 g/mol. The van der Waals surface area contributed by atoms with Crippen molar-refractivity contribution in [1.29, 1.82) is 0 Å². The van der Waals surface area contributed by atoms with Crippen molar-refractivity contribution < 1.29 is 14.3 Å². The van der Waals surface area contributed by atoms with Crippen LogP contribution in [-0.2, 0) is 0 Å². The summed E-state index contributed by atoms with van der Waals surface area (Å²) in [6.07, 6.45) is 4.22. The Labute approximate surface area is 186 Å². The molecule has 7 heteroatoms. The lowest BCUT2D eigenvalue weighted by atomic mass is 10.1. The SMILES string of the molecule is COc1ccc(C(=O)N[C@H]2CCC[C@H]2NC(=O)c2ccc(-n3ccccc3=O)cc2)cc1. The van der Waals surface area contributed by atoms with Crippen molar-refractivity contribution in [3.05, 3.63) is 94.4 Å². The summed E-state index contributed by atoms with van der Waals surface area (Å²) in [5, 5.41) is 6.09. The Hall–Kier alpha value is -3.87. The van der Waals surface area contributed by atoms with Gasteiger partial charge in [0.25, 0.3) is 17.4 Å². The van der Waals surface area contributed by atoms with Crippen molar-refractivity contribution in [3.8, 4) is 11.4 Å². The van der Waals surface area contributed by atoms with Gasteiger partial charge in [-0.05, 0) is 73.9 Å². The molecule has 4 rings (SSSR count). The molecule has 32 heavy (non-hydrogen) atoms. The second-order valence-corrected chi connectivity index (χ2v) is 7.78. The van der Waals surface area contributed by atoms with E-state index in [-0.39, 0.29) is 29.5 Å². The first kappa shape index (κ1) is 21.4. The molecule has 0 spiro atoms. The molecule has 2 N–H and O–H groups in total. The molecule has 3 aromatic rings. The number of nitrogens with one attached hydrogen (secondary N) is 2. The van der Waals surface area contributed by atoms with Gasteiger partial charge in [-0.2, -0.15) is 0 Å². The maximum Gasteiger partial charge on any atom is 0.255 e. The molecule has 164 valence electrons. The minimum atomic E-state index is -0.201. The van der Waals surface area contributed by atoms with E-state index in [4.69, 9.17) is 4.74 Å². The zero-order chi connectivity index (χ0) is 22.5. The van der Waals surface area contributed by atoms with Crippen molar-refractivity contribution in [3.63, 3.8) is 0 Å². The Morgan fingerprint density at radius 1 is 0.844 bits per heavy atom. The van der Waals surface area contributed by atoms with Crippen LogP contribution in [0, 0.1) is 0 Å². The number of ether oxygens (including phenoxy) is 1. The maximum absolute atomic E-state index is 12.8. The van der Waals surface area contributed by atoms with Gasteiger partial charge < -0.3 is 15.4 Å². The summed E-state index contributed by atoms with van der Waals surface area (Å²) in [5.41, 5.74) is 1.61. The molecule has 1 saturated carbocycles. The number of rotatable bonds is 6. The van der Waals surface area contributed by atoms with E-state index in [1.165, 1.54) is 10.6 Å². The summed E-state index contributed by atoms with van der Waals surface area (Å²) in [7, 11) is 1.58. The third-order valence-electron chi connectivity index (χ3n) is 5.73. The van der Waals surface area contributed by atoms with Gasteiger partial charge >= 0.3 is 0 Å².